The molecular weight excluding hydrogens is 324 g/mol. The molecule has 0 aliphatic carbocycles. The fourth-order valence-corrected chi connectivity index (χ4v) is 3.69. The Morgan fingerprint density at radius 2 is 2.17 bits per heavy atom. The van der Waals surface area contributed by atoms with E-state index in [0.29, 0.717) is 23.6 Å². The summed E-state index contributed by atoms with van der Waals surface area (Å²) in [6.07, 6.45) is 0. The van der Waals surface area contributed by atoms with Crippen LogP contribution in [0.5, 0.6) is 5.75 Å². The number of hydrogen-bond donors (Lipinski definition) is 1. The van der Waals surface area contributed by atoms with Gasteiger partial charge in [0.1, 0.15) is 16.1 Å². The highest BCUT2D eigenvalue weighted by molar-refractivity contribution is 7.17. The first-order valence-corrected chi connectivity index (χ1v) is 8.43. The van der Waals surface area contributed by atoms with Gasteiger partial charge in [-0.1, -0.05) is 12.1 Å². The Bertz CT molecular complexity index is 918. The molecule has 0 amide bonds. The first-order valence-electron chi connectivity index (χ1n) is 7.55. The van der Waals surface area contributed by atoms with Crippen LogP contribution in [0.25, 0.3) is 21.3 Å². The van der Waals surface area contributed by atoms with Crippen LogP contribution in [0.4, 0.5) is 5.69 Å². The Morgan fingerprint density at radius 1 is 1.38 bits per heavy atom. The zero-order valence-electron chi connectivity index (χ0n) is 13.8. The molecule has 0 aliphatic rings. The number of rotatable bonds is 4. The summed E-state index contributed by atoms with van der Waals surface area (Å²) in [6.45, 7) is 3.83. The largest absolute Gasteiger partial charge is 0.497 e. The molecule has 2 heterocycles. The van der Waals surface area contributed by atoms with E-state index in [1.165, 1.54) is 11.3 Å². The second kappa shape index (κ2) is 6.49. The number of nitrogens with zero attached hydrogens (tertiary/aromatic N) is 1. The first-order chi connectivity index (χ1) is 11.6. The van der Waals surface area contributed by atoms with Crippen LogP contribution in [0, 0.1) is 6.92 Å². The van der Waals surface area contributed by atoms with Crippen molar-refractivity contribution in [3.8, 4) is 16.9 Å². The Labute approximate surface area is 144 Å². The van der Waals surface area contributed by atoms with E-state index >= 15 is 0 Å². The van der Waals surface area contributed by atoms with E-state index in [0.717, 1.165) is 27.1 Å². The van der Waals surface area contributed by atoms with Gasteiger partial charge in [-0.25, -0.2) is 9.78 Å². The number of benzene rings is 1. The van der Waals surface area contributed by atoms with Gasteiger partial charge in [-0.2, -0.15) is 0 Å². The highest BCUT2D eigenvalue weighted by atomic mass is 32.1. The van der Waals surface area contributed by atoms with Crippen LogP contribution >= 0.6 is 11.3 Å². The van der Waals surface area contributed by atoms with Crippen molar-refractivity contribution >= 4 is 33.2 Å². The molecule has 124 valence electrons. The van der Waals surface area contributed by atoms with Crippen molar-refractivity contribution in [1.82, 2.24) is 4.98 Å². The predicted octanol–water partition coefficient (Wildman–Crippen LogP) is 4.04. The fourth-order valence-electron chi connectivity index (χ4n) is 2.68. The standard InChI is InChI=1S/C18H18N2O3S/c1-4-23-18(21)14-10(2)20-17-15(16(14)19)13(9-24-17)11-6-5-7-12(8-11)22-3/h5-9H,4H2,1-3H3,(H2,19,20). The van der Waals surface area contributed by atoms with Gasteiger partial charge in [0.25, 0.3) is 0 Å². The van der Waals surface area contributed by atoms with E-state index in [1.54, 1.807) is 21.0 Å². The summed E-state index contributed by atoms with van der Waals surface area (Å²) >= 11 is 1.50. The molecule has 0 saturated carbocycles. The zero-order valence-corrected chi connectivity index (χ0v) is 14.6. The van der Waals surface area contributed by atoms with Crippen molar-refractivity contribution in [3.05, 3.63) is 40.9 Å². The summed E-state index contributed by atoms with van der Waals surface area (Å²) < 4.78 is 10.4. The molecule has 3 rings (SSSR count). The number of carbonyl (C=O) groups excluding carboxylic acids is 1. The number of anilines is 1. The minimum absolute atomic E-state index is 0.294. The van der Waals surface area contributed by atoms with Crippen molar-refractivity contribution in [2.45, 2.75) is 13.8 Å². The first kappa shape index (κ1) is 16.3. The summed E-state index contributed by atoms with van der Waals surface area (Å²) in [4.78, 5) is 17.6. The molecule has 24 heavy (non-hydrogen) atoms. The smallest absolute Gasteiger partial charge is 0.342 e. The minimum Gasteiger partial charge on any atom is -0.497 e. The minimum atomic E-state index is -0.440. The number of hydrogen-bond acceptors (Lipinski definition) is 6. The monoisotopic (exact) mass is 342 g/mol. The molecule has 3 aromatic rings. The normalized spacial score (nSPS) is 10.8. The number of pyridine rings is 1. The number of nitrogens with two attached hydrogens (primary N) is 1. The number of carbonyl (C=O) groups is 1. The van der Waals surface area contributed by atoms with Gasteiger partial charge in [0.05, 0.1) is 25.1 Å². The van der Waals surface area contributed by atoms with Gasteiger partial charge in [-0.05, 0) is 31.5 Å². The third-order valence-corrected chi connectivity index (χ3v) is 4.67. The molecular formula is C18H18N2O3S. The second-order valence-electron chi connectivity index (χ2n) is 5.27. The summed E-state index contributed by atoms with van der Waals surface area (Å²) in [5.74, 6) is 0.320. The molecule has 2 aromatic heterocycles. The number of methoxy groups -OCH3 is 1. The molecule has 0 radical (unpaired) electrons. The van der Waals surface area contributed by atoms with Crippen molar-refractivity contribution in [2.75, 3.05) is 19.5 Å². The quantitative estimate of drug-likeness (QED) is 0.724. The Hall–Kier alpha value is -2.60. The molecule has 0 bridgehead atoms. The molecule has 0 fully saturated rings. The number of thiophene rings is 1. The van der Waals surface area contributed by atoms with Crippen LogP contribution in [-0.4, -0.2) is 24.7 Å². The van der Waals surface area contributed by atoms with Crippen LogP contribution in [-0.2, 0) is 4.74 Å². The van der Waals surface area contributed by atoms with Crippen molar-refractivity contribution < 1.29 is 14.3 Å². The van der Waals surface area contributed by atoms with Gasteiger partial charge < -0.3 is 15.2 Å². The molecule has 6 heteroatoms. The van der Waals surface area contributed by atoms with Gasteiger partial charge in [-0.15, -0.1) is 11.3 Å². The van der Waals surface area contributed by atoms with Gasteiger partial charge in [0.15, 0.2) is 0 Å². The van der Waals surface area contributed by atoms with E-state index in [2.05, 4.69) is 4.98 Å². The molecule has 1 aromatic carbocycles. The average molecular weight is 342 g/mol. The van der Waals surface area contributed by atoms with Gasteiger partial charge in [0.2, 0.25) is 0 Å². The molecule has 2 N–H and O–H groups in total. The van der Waals surface area contributed by atoms with Crippen LogP contribution in [0.1, 0.15) is 23.0 Å². The van der Waals surface area contributed by atoms with E-state index in [-0.39, 0.29) is 0 Å². The Morgan fingerprint density at radius 3 is 2.88 bits per heavy atom. The number of nitrogen functional groups attached to an aromatic ring is 1. The van der Waals surface area contributed by atoms with Gasteiger partial charge >= 0.3 is 5.97 Å². The third kappa shape index (κ3) is 2.69. The maximum Gasteiger partial charge on any atom is 0.342 e. The topological polar surface area (TPSA) is 74.4 Å². The van der Waals surface area contributed by atoms with Gasteiger partial charge in [-0.3, -0.25) is 0 Å². The zero-order chi connectivity index (χ0) is 17.3. The van der Waals surface area contributed by atoms with Crippen LogP contribution < -0.4 is 10.5 Å². The van der Waals surface area contributed by atoms with Gasteiger partial charge in [0, 0.05) is 16.3 Å². The number of ether oxygens (including phenoxy) is 2. The van der Waals surface area contributed by atoms with Crippen molar-refractivity contribution in [3.63, 3.8) is 0 Å². The second-order valence-corrected chi connectivity index (χ2v) is 6.13. The highest BCUT2D eigenvalue weighted by Crippen LogP contribution is 2.39. The number of aryl methyl sites for hydroxylation is 1. The third-order valence-electron chi connectivity index (χ3n) is 3.80. The summed E-state index contributed by atoms with van der Waals surface area (Å²) in [5.41, 5.74) is 9.57. The number of esters is 1. The lowest BCUT2D eigenvalue weighted by Crippen LogP contribution is -2.11. The lowest BCUT2D eigenvalue weighted by molar-refractivity contribution is 0.0526. The Kier molecular flexibility index (Phi) is 4.40. The summed E-state index contributed by atoms with van der Waals surface area (Å²) in [6, 6.07) is 7.72. The Balaban J connectivity index is 2.24. The van der Waals surface area contributed by atoms with Crippen LogP contribution in [0.2, 0.25) is 0 Å². The SMILES string of the molecule is CCOC(=O)c1c(C)nc2scc(-c3cccc(OC)c3)c2c1N. The van der Waals surface area contributed by atoms with Crippen molar-refractivity contribution in [2.24, 2.45) is 0 Å². The van der Waals surface area contributed by atoms with Crippen LogP contribution in [0.3, 0.4) is 0 Å². The van der Waals surface area contributed by atoms with E-state index < -0.39 is 5.97 Å². The maximum atomic E-state index is 12.2. The molecule has 5 nitrogen and oxygen atoms in total. The van der Waals surface area contributed by atoms with E-state index in [1.807, 2.05) is 29.6 Å². The molecule has 0 atom stereocenters. The molecule has 0 spiro atoms. The lowest BCUT2D eigenvalue weighted by atomic mass is 10.0. The molecule has 0 unspecified atom stereocenters. The van der Waals surface area contributed by atoms with Crippen LogP contribution in [0.15, 0.2) is 29.6 Å². The fraction of sp³-hybridized carbons (Fsp3) is 0.222. The number of aromatic nitrogens is 1. The summed E-state index contributed by atoms with van der Waals surface area (Å²) in [7, 11) is 1.63. The average Bonchev–Trinajstić information content (AvgIpc) is 2.99. The molecule has 0 saturated heterocycles. The van der Waals surface area contributed by atoms with E-state index in [9.17, 15) is 4.79 Å². The summed E-state index contributed by atoms with van der Waals surface area (Å²) in [5, 5.41) is 2.78. The predicted molar refractivity (Wildman–Crippen MR) is 96.7 cm³/mol. The molecule has 0 aliphatic heterocycles. The highest BCUT2D eigenvalue weighted by Gasteiger charge is 2.21. The van der Waals surface area contributed by atoms with E-state index in [4.69, 9.17) is 15.2 Å². The number of fused-ring (bicyclic) bond motifs is 1. The maximum absolute atomic E-state index is 12.2. The lowest BCUT2D eigenvalue weighted by Gasteiger charge is -2.11. The van der Waals surface area contributed by atoms with Crippen molar-refractivity contribution in [1.29, 1.82) is 0 Å².